The summed E-state index contributed by atoms with van der Waals surface area (Å²) in [6.45, 7) is 4.47. The summed E-state index contributed by atoms with van der Waals surface area (Å²) >= 11 is 1.41. The summed E-state index contributed by atoms with van der Waals surface area (Å²) in [5, 5.41) is 9.76. The Hall–Kier alpha value is -3.34. The third-order valence-corrected chi connectivity index (χ3v) is 11.0. The number of carboxylic acid groups (broad SMARTS) is 1. The number of carboxylic acids is 1. The van der Waals surface area contributed by atoms with Crippen LogP contribution < -0.4 is 14.4 Å². The molecule has 0 bridgehead atoms. The smallest absolute Gasteiger partial charge is 0.345 e. The van der Waals surface area contributed by atoms with Gasteiger partial charge in [0.25, 0.3) is 0 Å². The van der Waals surface area contributed by atoms with E-state index < -0.39 is 16.8 Å². The molecule has 0 radical (unpaired) electrons. The lowest BCUT2D eigenvalue weighted by atomic mass is 9.83. The fourth-order valence-electron chi connectivity index (χ4n) is 6.83. The second-order valence-electron chi connectivity index (χ2n) is 11.5. The van der Waals surface area contributed by atoms with E-state index in [0.717, 1.165) is 69.3 Å². The summed E-state index contributed by atoms with van der Waals surface area (Å²) in [4.78, 5) is 15.4. The highest BCUT2D eigenvalue weighted by Crippen LogP contribution is 2.49. The molecule has 4 aromatic rings. The maximum Gasteiger partial charge on any atom is 0.345 e. The molecule has 1 saturated carbocycles. The second kappa shape index (κ2) is 12.0. The van der Waals surface area contributed by atoms with Crippen LogP contribution in [0.5, 0.6) is 11.5 Å². The zero-order valence-electron chi connectivity index (χ0n) is 24.3. The summed E-state index contributed by atoms with van der Waals surface area (Å²) in [6.07, 6.45) is 7.59. The first-order valence-electron chi connectivity index (χ1n) is 15.1. The van der Waals surface area contributed by atoms with Crippen LogP contribution in [0.4, 0.5) is 5.69 Å². The molecule has 4 heterocycles. The molecule has 2 aromatic carbocycles. The van der Waals surface area contributed by atoms with Crippen molar-refractivity contribution in [1.29, 1.82) is 0 Å². The minimum atomic E-state index is -1.09. The standard InChI is InChI=1S/C33H36N2O6S2/c1-43(38)24-8-10-26(34-11-14-39-15-12-34)22(17-24)20-41-23-7-9-25-28(18-23)40-16-13-35-27-19-29(33(36)37)42-32(27)30(31(25)35)21-5-3-2-4-6-21/h7-10,17-19,21H,2-6,11-16,20H2,1H3,(H,36,37). The molecule has 2 aromatic heterocycles. The molecule has 8 nitrogen and oxygen atoms in total. The van der Waals surface area contributed by atoms with Gasteiger partial charge in [-0.1, -0.05) is 19.3 Å². The molecule has 226 valence electrons. The van der Waals surface area contributed by atoms with E-state index in [1.165, 1.54) is 36.2 Å². The first-order chi connectivity index (χ1) is 21.0. The summed E-state index contributed by atoms with van der Waals surface area (Å²) < 4.78 is 33.9. The van der Waals surface area contributed by atoms with Crippen LogP contribution in [-0.2, 0) is 28.7 Å². The molecule has 1 atom stereocenters. The molecule has 0 amide bonds. The van der Waals surface area contributed by atoms with Crippen molar-refractivity contribution in [3.63, 3.8) is 0 Å². The molecule has 2 aliphatic heterocycles. The topological polar surface area (TPSA) is 90.2 Å². The lowest BCUT2D eigenvalue weighted by molar-refractivity contribution is 0.0702. The van der Waals surface area contributed by atoms with Gasteiger partial charge in [-0.05, 0) is 60.7 Å². The maximum absolute atomic E-state index is 12.3. The Morgan fingerprint density at radius 1 is 1.05 bits per heavy atom. The Morgan fingerprint density at radius 3 is 2.63 bits per heavy atom. The fraction of sp³-hybridized carbons (Fsp3) is 0.424. The number of ether oxygens (including phenoxy) is 3. The third kappa shape index (κ3) is 5.45. The zero-order chi connectivity index (χ0) is 29.5. The zero-order valence-corrected chi connectivity index (χ0v) is 25.9. The van der Waals surface area contributed by atoms with Crippen LogP contribution in [0.25, 0.3) is 21.5 Å². The maximum atomic E-state index is 12.3. The number of fused-ring (bicyclic) bond motifs is 5. The molecule has 10 heteroatoms. The van der Waals surface area contributed by atoms with Crippen molar-refractivity contribution in [3.05, 3.63) is 58.5 Å². The summed E-state index contributed by atoms with van der Waals surface area (Å²) in [7, 11) is -1.09. The van der Waals surface area contributed by atoms with Gasteiger partial charge in [-0.3, -0.25) is 4.21 Å². The average molecular weight is 621 g/mol. The predicted molar refractivity (Wildman–Crippen MR) is 170 cm³/mol. The number of anilines is 1. The van der Waals surface area contributed by atoms with Gasteiger partial charge in [0, 0.05) is 57.9 Å². The minimum Gasteiger partial charge on any atom is -0.491 e. The molecule has 1 saturated heterocycles. The van der Waals surface area contributed by atoms with Crippen LogP contribution in [0.2, 0.25) is 0 Å². The van der Waals surface area contributed by atoms with Crippen molar-refractivity contribution in [3.8, 4) is 22.8 Å². The summed E-state index contributed by atoms with van der Waals surface area (Å²) in [5.41, 5.74) is 6.55. The van der Waals surface area contributed by atoms with E-state index in [0.29, 0.717) is 49.5 Å². The SMILES string of the molecule is CS(=O)c1ccc(N2CCOCC2)c(COc2ccc3c(c2)OCCn2c-3c(C3CCCCC3)c3sc(C(=O)O)cc32)c1. The predicted octanol–water partition coefficient (Wildman–Crippen LogP) is 6.66. The van der Waals surface area contributed by atoms with Crippen LogP contribution >= 0.6 is 11.3 Å². The normalized spacial score (nSPS) is 18.0. The number of aromatic carboxylic acids is 1. The van der Waals surface area contributed by atoms with E-state index in [2.05, 4.69) is 15.5 Å². The van der Waals surface area contributed by atoms with Crippen LogP contribution in [0, 0.1) is 0 Å². The monoisotopic (exact) mass is 620 g/mol. The van der Waals surface area contributed by atoms with E-state index in [-0.39, 0.29) is 0 Å². The van der Waals surface area contributed by atoms with Crippen LogP contribution in [0.3, 0.4) is 0 Å². The quantitative estimate of drug-likeness (QED) is 0.247. The van der Waals surface area contributed by atoms with E-state index in [1.54, 1.807) is 6.26 Å². The lowest BCUT2D eigenvalue weighted by Gasteiger charge is -2.30. The fourth-order valence-corrected chi connectivity index (χ4v) is 8.52. The molecule has 1 N–H and O–H groups in total. The van der Waals surface area contributed by atoms with Crippen molar-refractivity contribution in [2.24, 2.45) is 0 Å². The van der Waals surface area contributed by atoms with Crippen molar-refractivity contribution in [2.45, 2.75) is 56.1 Å². The number of hydrogen-bond donors (Lipinski definition) is 1. The van der Waals surface area contributed by atoms with Crippen LogP contribution in [0.15, 0.2) is 47.4 Å². The number of rotatable bonds is 7. The molecule has 0 spiro atoms. The number of nitrogens with zero attached hydrogens (tertiary/aromatic N) is 2. The first kappa shape index (κ1) is 28.4. The Bertz CT molecular complexity index is 1700. The van der Waals surface area contributed by atoms with Crippen molar-refractivity contribution < 1.29 is 28.3 Å². The van der Waals surface area contributed by atoms with Gasteiger partial charge in [0.15, 0.2) is 0 Å². The number of morpholine rings is 1. The second-order valence-corrected chi connectivity index (χ2v) is 14.0. The minimum absolute atomic E-state index is 0.341. The largest absolute Gasteiger partial charge is 0.491 e. The molecule has 2 fully saturated rings. The number of aromatic nitrogens is 1. The number of carbonyl (C=O) groups is 1. The van der Waals surface area contributed by atoms with Crippen molar-refractivity contribution in [2.75, 3.05) is 44.1 Å². The molecule has 7 rings (SSSR count). The molecule has 43 heavy (non-hydrogen) atoms. The third-order valence-electron chi connectivity index (χ3n) is 8.91. The highest BCUT2D eigenvalue weighted by molar-refractivity contribution is 7.84. The van der Waals surface area contributed by atoms with E-state index in [1.807, 2.05) is 36.4 Å². The van der Waals surface area contributed by atoms with Gasteiger partial charge in [-0.25, -0.2) is 4.79 Å². The van der Waals surface area contributed by atoms with Gasteiger partial charge in [-0.15, -0.1) is 11.3 Å². The number of thiophene rings is 1. The van der Waals surface area contributed by atoms with Gasteiger partial charge in [0.1, 0.15) is 29.6 Å². The van der Waals surface area contributed by atoms with Crippen LogP contribution in [0.1, 0.15) is 58.8 Å². The van der Waals surface area contributed by atoms with Gasteiger partial charge in [0.05, 0.1) is 35.7 Å². The highest BCUT2D eigenvalue weighted by Gasteiger charge is 2.31. The van der Waals surface area contributed by atoms with Gasteiger partial charge >= 0.3 is 5.97 Å². The van der Waals surface area contributed by atoms with Gasteiger partial charge in [0.2, 0.25) is 0 Å². The van der Waals surface area contributed by atoms with Gasteiger partial charge < -0.3 is 28.8 Å². The molecular weight excluding hydrogens is 585 g/mol. The molecule has 1 unspecified atom stereocenters. The Balaban J connectivity index is 1.24. The van der Waals surface area contributed by atoms with E-state index >= 15 is 0 Å². The van der Waals surface area contributed by atoms with E-state index in [4.69, 9.17) is 14.2 Å². The number of benzene rings is 2. The number of hydrogen-bond acceptors (Lipinski definition) is 7. The average Bonchev–Trinajstić information content (AvgIpc) is 3.53. The highest BCUT2D eigenvalue weighted by atomic mass is 32.2. The Kier molecular flexibility index (Phi) is 7.92. The summed E-state index contributed by atoms with van der Waals surface area (Å²) in [6, 6.07) is 13.9. The Morgan fingerprint density at radius 2 is 1.86 bits per heavy atom. The lowest BCUT2D eigenvalue weighted by Crippen LogP contribution is -2.36. The van der Waals surface area contributed by atoms with Gasteiger partial charge in [-0.2, -0.15) is 0 Å². The van der Waals surface area contributed by atoms with Crippen LogP contribution in [-0.4, -0.2) is 59.0 Å². The summed E-state index contributed by atoms with van der Waals surface area (Å²) in [5.74, 6) is 1.03. The molecule has 3 aliphatic rings. The molecular formula is C33H36N2O6S2. The van der Waals surface area contributed by atoms with E-state index in [9.17, 15) is 14.1 Å². The first-order valence-corrected chi connectivity index (χ1v) is 17.4. The van der Waals surface area contributed by atoms with Crippen molar-refractivity contribution in [1.82, 2.24) is 4.57 Å². The Labute approximate surface area is 257 Å². The molecule has 1 aliphatic carbocycles. The van der Waals surface area contributed by atoms with Crippen molar-refractivity contribution >= 4 is 44.0 Å².